The van der Waals surface area contributed by atoms with E-state index in [9.17, 15) is 14.7 Å². The molecule has 0 spiro atoms. The van der Waals surface area contributed by atoms with Crippen molar-refractivity contribution >= 4 is 11.9 Å². The lowest BCUT2D eigenvalue weighted by Gasteiger charge is -2.40. The van der Waals surface area contributed by atoms with Crippen molar-refractivity contribution in [3.8, 4) is 0 Å². The molecule has 1 aliphatic carbocycles. The zero-order chi connectivity index (χ0) is 13.3. The van der Waals surface area contributed by atoms with Gasteiger partial charge in [-0.1, -0.05) is 13.8 Å². The van der Waals surface area contributed by atoms with Gasteiger partial charge in [0.2, 0.25) is 5.91 Å². The van der Waals surface area contributed by atoms with Gasteiger partial charge in [-0.15, -0.1) is 0 Å². The molecule has 98 valence electrons. The van der Waals surface area contributed by atoms with Crippen molar-refractivity contribution in [3.63, 3.8) is 0 Å². The third-order valence-corrected chi connectivity index (χ3v) is 4.19. The van der Waals surface area contributed by atoms with Crippen molar-refractivity contribution in [2.24, 2.45) is 11.3 Å². The van der Waals surface area contributed by atoms with Crippen molar-refractivity contribution in [1.29, 1.82) is 0 Å². The van der Waals surface area contributed by atoms with Crippen molar-refractivity contribution in [2.75, 3.05) is 0 Å². The Bertz CT molecular complexity index is 321. The van der Waals surface area contributed by atoms with Crippen LogP contribution in [0.2, 0.25) is 0 Å². The van der Waals surface area contributed by atoms with E-state index in [1.54, 1.807) is 6.92 Å². The Labute approximate surface area is 103 Å². The third kappa shape index (κ3) is 2.99. The van der Waals surface area contributed by atoms with Gasteiger partial charge in [-0.05, 0) is 39.0 Å². The highest BCUT2D eigenvalue weighted by Gasteiger charge is 2.41. The molecule has 0 heterocycles. The summed E-state index contributed by atoms with van der Waals surface area (Å²) >= 11 is 0. The molecule has 0 aromatic heterocycles. The molecular formula is C13H23NO3. The Kier molecular flexibility index (Phi) is 3.84. The van der Waals surface area contributed by atoms with Gasteiger partial charge in [0.05, 0.1) is 5.41 Å². The lowest BCUT2D eigenvalue weighted by Crippen LogP contribution is -2.52. The number of carbonyl (C=O) groups is 2. The van der Waals surface area contributed by atoms with E-state index in [2.05, 4.69) is 5.32 Å². The van der Waals surface area contributed by atoms with E-state index in [1.165, 1.54) is 0 Å². The van der Waals surface area contributed by atoms with E-state index < -0.39 is 11.4 Å². The molecule has 17 heavy (non-hydrogen) atoms. The van der Waals surface area contributed by atoms with Crippen LogP contribution in [0.5, 0.6) is 0 Å². The quantitative estimate of drug-likeness (QED) is 0.775. The number of aliphatic carboxylic acids is 1. The molecule has 0 aromatic rings. The number of carbonyl (C=O) groups excluding carboxylic acids is 1. The van der Waals surface area contributed by atoms with Crippen LogP contribution < -0.4 is 5.32 Å². The highest BCUT2D eigenvalue weighted by atomic mass is 16.4. The zero-order valence-electron chi connectivity index (χ0n) is 11.2. The standard InChI is InChI=1S/C13H23NO3/c1-9(2)13(4,11(16)17)8-10(15)14-12(3)6-5-7-12/h9H,5-8H2,1-4H3,(H,14,15)(H,16,17). The van der Waals surface area contributed by atoms with Gasteiger partial charge in [0.1, 0.15) is 0 Å². The van der Waals surface area contributed by atoms with Gasteiger partial charge in [0.25, 0.3) is 0 Å². The largest absolute Gasteiger partial charge is 0.481 e. The maximum atomic E-state index is 11.9. The van der Waals surface area contributed by atoms with Crippen LogP contribution in [0.15, 0.2) is 0 Å². The fourth-order valence-corrected chi connectivity index (χ4v) is 2.07. The predicted octanol–water partition coefficient (Wildman–Crippen LogP) is 2.18. The van der Waals surface area contributed by atoms with Crippen LogP contribution in [0.25, 0.3) is 0 Å². The van der Waals surface area contributed by atoms with Crippen molar-refractivity contribution in [1.82, 2.24) is 5.32 Å². The first kappa shape index (κ1) is 14.0. The average molecular weight is 241 g/mol. The van der Waals surface area contributed by atoms with Crippen molar-refractivity contribution < 1.29 is 14.7 Å². The van der Waals surface area contributed by atoms with E-state index >= 15 is 0 Å². The van der Waals surface area contributed by atoms with Crippen LogP contribution in [-0.4, -0.2) is 22.5 Å². The minimum atomic E-state index is -0.982. The molecule has 0 radical (unpaired) electrons. The van der Waals surface area contributed by atoms with Gasteiger partial charge in [-0.3, -0.25) is 9.59 Å². The summed E-state index contributed by atoms with van der Waals surface area (Å²) < 4.78 is 0. The summed E-state index contributed by atoms with van der Waals surface area (Å²) in [7, 11) is 0. The second kappa shape index (κ2) is 4.67. The van der Waals surface area contributed by atoms with E-state index in [0.29, 0.717) is 0 Å². The molecule has 1 fully saturated rings. The van der Waals surface area contributed by atoms with Gasteiger partial charge in [0.15, 0.2) is 0 Å². The summed E-state index contributed by atoms with van der Waals surface area (Å²) in [5, 5.41) is 12.2. The molecule has 0 bridgehead atoms. The maximum absolute atomic E-state index is 11.9. The minimum absolute atomic E-state index is 0.0512. The van der Waals surface area contributed by atoms with Crippen molar-refractivity contribution in [3.05, 3.63) is 0 Å². The molecule has 1 aliphatic rings. The van der Waals surface area contributed by atoms with Crippen LogP contribution in [-0.2, 0) is 9.59 Å². The Morgan fingerprint density at radius 1 is 1.41 bits per heavy atom. The molecule has 1 atom stereocenters. The Morgan fingerprint density at radius 3 is 2.24 bits per heavy atom. The summed E-state index contributed by atoms with van der Waals surface area (Å²) in [4.78, 5) is 23.2. The number of carboxylic acid groups (broad SMARTS) is 1. The van der Waals surface area contributed by atoms with Crippen LogP contribution in [0, 0.1) is 11.3 Å². The highest BCUT2D eigenvalue weighted by molar-refractivity contribution is 5.85. The van der Waals surface area contributed by atoms with E-state index in [1.807, 2.05) is 20.8 Å². The smallest absolute Gasteiger partial charge is 0.310 e. The summed E-state index contributed by atoms with van der Waals surface area (Å²) in [5.74, 6) is -1.12. The number of carboxylic acids is 1. The minimum Gasteiger partial charge on any atom is -0.481 e. The lowest BCUT2D eigenvalue weighted by molar-refractivity contribution is -0.154. The monoisotopic (exact) mass is 241 g/mol. The fourth-order valence-electron chi connectivity index (χ4n) is 2.07. The molecular weight excluding hydrogens is 218 g/mol. The number of hydrogen-bond donors (Lipinski definition) is 2. The summed E-state index contributed by atoms with van der Waals surface area (Å²) in [6.45, 7) is 7.34. The van der Waals surface area contributed by atoms with Gasteiger partial charge in [-0.25, -0.2) is 0 Å². The van der Waals surface area contributed by atoms with Crippen LogP contribution >= 0.6 is 0 Å². The molecule has 0 saturated heterocycles. The summed E-state index contributed by atoms with van der Waals surface area (Å²) in [6, 6.07) is 0. The third-order valence-electron chi connectivity index (χ3n) is 4.19. The topological polar surface area (TPSA) is 66.4 Å². The predicted molar refractivity (Wildman–Crippen MR) is 65.6 cm³/mol. The van der Waals surface area contributed by atoms with Crippen LogP contribution in [0.3, 0.4) is 0 Å². The fraction of sp³-hybridized carbons (Fsp3) is 0.846. The van der Waals surface area contributed by atoms with Crippen LogP contribution in [0.4, 0.5) is 0 Å². The molecule has 1 rings (SSSR count). The van der Waals surface area contributed by atoms with E-state index in [-0.39, 0.29) is 23.8 Å². The zero-order valence-corrected chi connectivity index (χ0v) is 11.2. The van der Waals surface area contributed by atoms with E-state index in [0.717, 1.165) is 19.3 Å². The first-order valence-corrected chi connectivity index (χ1v) is 6.24. The maximum Gasteiger partial charge on any atom is 0.310 e. The van der Waals surface area contributed by atoms with E-state index in [4.69, 9.17) is 0 Å². The van der Waals surface area contributed by atoms with Crippen LogP contribution in [0.1, 0.15) is 53.4 Å². The van der Waals surface area contributed by atoms with Crippen molar-refractivity contribution in [2.45, 2.75) is 58.9 Å². The number of hydrogen-bond acceptors (Lipinski definition) is 2. The molecule has 0 aromatic carbocycles. The first-order valence-electron chi connectivity index (χ1n) is 6.24. The molecule has 1 unspecified atom stereocenters. The Hall–Kier alpha value is -1.06. The summed E-state index contributed by atoms with van der Waals surface area (Å²) in [5.41, 5.74) is -1.09. The molecule has 1 amide bonds. The van der Waals surface area contributed by atoms with Gasteiger partial charge in [0, 0.05) is 12.0 Å². The average Bonchev–Trinajstić information content (AvgIpc) is 2.14. The summed E-state index contributed by atoms with van der Waals surface area (Å²) in [6.07, 6.45) is 3.17. The first-order chi connectivity index (χ1) is 7.69. The second-order valence-electron chi connectivity index (χ2n) is 6.02. The highest BCUT2D eigenvalue weighted by Crippen LogP contribution is 2.34. The molecule has 4 nitrogen and oxygen atoms in total. The second-order valence-corrected chi connectivity index (χ2v) is 6.02. The molecule has 0 aliphatic heterocycles. The SMILES string of the molecule is CC(C)C(C)(CC(=O)NC1(C)CCC1)C(=O)O. The number of amides is 1. The Balaban J connectivity index is 2.62. The number of nitrogens with one attached hydrogen (secondary N) is 1. The number of rotatable bonds is 5. The van der Waals surface area contributed by atoms with Gasteiger partial charge < -0.3 is 10.4 Å². The Morgan fingerprint density at radius 2 is 1.94 bits per heavy atom. The molecule has 4 heteroatoms. The lowest BCUT2D eigenvalue weighted by atomic mass is 9.74. The normalized spacial score (nSPS) is 21.5. The molecule has 1 saturated carbocycles. The van der Waals surface area contributed by atoms with Gasteiger partial charge >= 0.3 is 5.97 Å². The van der Waals surface area contributed by atoms with Gasteiger partial charge in [-0.2, -0.15) is 0 Å². The molecule has 2 N–H and O–H groups in total.